The number of aryl methyl sites for hydroxylation is 1. The minimum Gasteiger partial charge on any atom is -0.493 e. The molecule has 2 aromatic rings. The van der Waals surface area contributed by atoms with E-state index >= 15 is 0 Å². The van der Waals surface area contributed by atoms with E-state index in [9.17, 15) is 18.5 Å². The zero-order chi connectivity index (χ0) is 23.3. The van der Waals surface area contributed by atoms with Gasteiger partial charge in [0.05, 0.1) is 24.8 Å². The van der Waals surface area contributed by atoms with Gasteiger partial charge in [-0.25, -0.2) is 0 Å². The predicted molar refractivity (Wildman–Crippen MR) is 121 cm³/mol. The van der Waals surface area contributed by atoms with Gasteiger partial charge in [0.15, 0.2) is 11.5 Å². The highest BCUT2D eigenvalue weighted by molar-refractivity contribution is 9.10. The number of amides is 1. The molecule has 1 saturated heterocycles. The van der Waals surface area contributed by atoms with Gasteiger partial charge in [-0.1, -0.05) is 17.7 Å². The molecular formula is C22H21BrN2O6S. The number of carbonyl (C=O) groups is 1. The number of nitriles is 1. The van der Waals surface area contributed by atoms with Gasteiger partial charge in [-0.3, -0.25) is 4.79 Å². The van der Waals surface area contributed by atoms with E-state index in [0.717, 1.165) is 5.56 Å². The highest BCUT2D eigenvalue weighted by Gasteiger charge is 2.23. The highest BCUT2D eigenvalue weighted by Crippen LogP contribution is 2.39. The van der Waals surface area contributed by atoms with Crippen molar-refractivity contribution in [3.63, 3.8) is 0 Å². The van der Waals surface area contributed by atoms with Crippen LogP contribution in [-0.2, 0) is 19.6 Å². The molecule has 1 aliphatic heterocycles. The van der Waals surface area contributed by atoms with Gasteiger partial charge in [-0.2, -0.15) is 13.7 Å². The first kappa shape index (κ1) is 23.8. The molecule has 3 rings (SSSR count). The van der Waals surface area contributed by atoms with Crippen LogP contribution in [0.15, 0.2) is 51.3 Å². The summed E-state index contributed by atoms with van der Waals surface area (Å²) in [6.07, 6.45) is 1.42. The second-order valence-electron chi connectivity index (χ2n) is 6.96. The molecule has 1 aliphatic rings. The SMILES string of the molecule is COc1cc(/C=C(\C#N)C(=O)N2CCOCC2)cc(Br)c1OS(=O)(=O)c1ccc(C)cc1. The van der Waals surface area contributed by atoms with Gasteiger partial charge in [0.1, 0.15) is 16.5 Å². The average Bonchev–Trinajstić information content (AvgIpc) is 2.79. The van der Waals surface area contributed by atoms with Gasteiger partial charge in [-0.05, 0) is 58.8 Å². The molecule has 168 valence electrons. The molecule has 0 aromatic heterocycles. The van der Waals surface area contributed by atoms with Gasteiger partial charge in [0.25, 0.3) is 5.91 Å². The average molecular weight is 521 g/mol. The number of carbonyl (C=O) groups excluding carboxylic acids is 1. The zero-order valence-corrected chi connectivity index (χ0v) is 19.9. The van der Waals surface area contributed by atoms with E-state index in [1.807, 2.05) is 13.0 Å². The summed E-state index contributed by atoms with van der Waals surface area (Å²) in [6.45, 7) is 3.52. The fourth-order valence-corrected chi connectivity index (χ4v) is 4.62. The molecule has 8 nitrogen and oxygen atoms in total. The molecule has 0 saturated carbocycles. The summed E-state index contributed by atoms with van der Waals surface area (Å²) in [7, 11) is -2.74. The topological polar surface area (TPSA) is 106 Å². The number of hydrogen-bond donors (Lipinski definition) is 0. The molecule has 1 amide bonds. The van der Waals surface area contributed by atoms with Gasteiger partial charge in [0.2, 0.25) is 0 Å². The maximum Gasteiger partial charge on any atom is 0.339 e. The summed E-state index contributed by atoms with van der Waals surface area (Å²) in [4.78, 5) is 14.2. The molecule has 0 spiro atoms. The lowest BCUT2D eigenvalue weighted by molar-refractivity contribution is -0.130. The first-order valence-electron chi connectivity index (χ1n) is 9.62. The van der Waals surface area contributed by atoms with E-state index in [0.29, 0.717) is 31.9 Å². The van der Waals surface area contributed by atoms with Crippen LogP contribution >= 0.6 is 15.9 Å². The van der Waals surface area contributed by atoms with Crippen LogP contribution in [0.3, 0.4) is 0 Å². The third kappa shape index (κ3) is 5.48. The van der Waals surface area contributed by atoms with Crippen LogP contribution in [0.1, 0.15) is 11.1 Å². The van der Waals surface area contributed by atoms with Crippen LogP contribution in [0.5, 0.6) is 11.5 Å². The van der Waals surface area contributed by atoms with Crippen LogP contribution in [-0.4, -0.2) is 52.6 Å². The monoisotopic (exact) mass is 520 g/mol. The summed E-state index contributed by atoms with van der Waals surface area (Å²) in [5, 5.41) is 9.49. The van der Waals surface area contributed by atoms with Crippen molar-refractivity contribution < 1.29 is 26.9 Å². The molecule has 2 aromatic carbocycles. The van der Waals surface area contributed by atoms with Crippen LogP contribution < -0.4 is 8.92 Å². The second kappa shape index (κ2) is 10.2. The van der Waals surface area contributed by atoms with E-state index in [2.05, 4.69) is 15.9 Å². The molecule has 0 radical (unpaired) electrons. The van der Waals surface area contributed by atoms with Crippen LogP contribution in [0.2, 0.25) is 0 Å². The maximum atomic E-state index is 12.7. The normalized spacial score (nSPS) is 14.6. The number of ether oxygens (including phenoxy) is 2. The third-order valence-corrected chi connectivity index (χ3v) is 6.54. The van der Waals surface area contributed by atoms with Crippen molar-refractivity contribution in [2.45, 2.75) is 11.8 Å². The summed E-state index contributed by atoms with van der Waals surface area (Å²) in [5.41, 5.74) is 1.33. The number of benzene rings is 2. The number of methoxy groups -OCH3 is 1. The molecular weight excluding hydrogens is 500 g/mol. The Bertz CT molecular complexity index is 1180. The highest BCUT2D eigenvalue weighted by atomic mass is 79.9. The minimum absolute atomic E-state index is 0.00361. The standard InChI is InChI=1S/C22H21BrN2O6S/c1-15-3-5-18(6-4-15)32(27,28)31-21-19(23)12-16(13-20(21)29-2)11-17(14-24)22(26)25-7-9-30-10-8-25/h3-6,11-13H,7-10H2,1-2H3/b17-11+. The lowest BCUT2D eigenvalue weighted by Crippen LogP contribution is -2.41. The molecule has 10 heteroatoms. The minimum atomic E-state index is -4.10. The molecule has 0 unspecified atom stereocenters. The molecule has 0 aliphatic carbocycles. The van der Waals surface area contributed by atoms with Crippen LogP contribution in [0, 0.1) is 18.3 Å². The lowest BCUT2D eigenvalue weighted by Gasteiger charge is -2.26. The van der Waals surface area contributed by atoms with E-state index < -0.39 is 16.0 Å². The van der Waals surface area contributed by atoms with Crippen molar-refractivity contribution in [2.24, 2.45) is 0 Å². The molecule has 0 N–H and O–H groups in total. The first-order valence-corrected chi connectivity index (χ1v) is 11.8. The van der Waals surface area contributed by atoms with Crippen molar-refractivity contribution in [1.82, 2.24) is 4.90 Å². The summed E-state index contributed by atoms with van der Waals surface area (Å²) >= 11 is 3.31. The third-order valence-electron chi connectivity index (χ3n) is 4.71. The summed E-state index contributed by atoms with van der Waals surface area (Å²) in [6, 6.07) is 11.2. The number of halogens is 1. The second-order valence-corrected chi connectivity index (χ2v) is 9.36. The number of hydrogen-bond acceptors (Lipinski definition) is 7. The Morgan fingerprint density at radius 2 is 1.88 bits per heavy atom. The largest absolute Gasteiger partial charge is 0.493 e. The Balaban J connectivity index is 1.92. The number of rotatable bonds is 6. The Morgan fingerprint density at radius 1 is 1.22 bits per heavy atom. The smallest absolute Gasteiger partial charge is 0.339 e. The van der Waals surface area contributed by atoms with Gasteiger partial charge < -0.3 is 18.6 Å². The van der Waals surface area contributed by atoms with Gasteiger partial charge in [0, 0.05) is 13.1 Å². The Hall–Kier alpha value is -2.87. The van der Waals surface area contributed by atoms with Gasteiger partial charge >= 0.3 is 10.1 Å². The van der Waals surface area contributed by atoms with E-state index in [-0.39, 0.29) is 26.4 Å². The Labute approximate surface area is 195 Å². The summed E-state index contributed by atoms with van der Waals surface area (Å²) in [5.74, 6) is -0.311. The first-order chi connectivity index (χ1) is 15.2. The molecule has 32 heavy (non-hydrogen) atoms. The van der Waals surface area contributed by atoms with Crippen molar-refractivity contribution in [1.29, 1.82) is 5.26 Å². The maximum absolute atomic E-state index is 12.7. The zero-order valence-electron chi connectivity index (χ0n) is 17.5. The summed E-state index contributed by atoms with van der Waals surface area (Å²) < 4.78 is 41.6. The molecule has 0 atom stereocenters. The fraction of sp³-hybridized carbons (Fsp3) is 0.273. The Morgan fingerprint density at radius 3 is 2.47 bits per heavy atom. The van der Waals surface area contributed by atoms with Crippen molar-refractivity contribution in [3.05, 3.63) is 57.6 Å². The fourth-order valence-electron chi connectivity index (χ4n) is 3.01. The number of morpholine rings is 1. The van der Waals surface area contributed by atoms with E-state index in [4.69, 9.17) is 13.7 Å². The van der Waals surface area contributed by atoms with Gasteiger partial charge in [-0.15, -0.1) is 0 Å². The van der Waals surface area contributed by atoms with Crippen LogP contribution in [0.25, 0.3) is 6.08 Å². The molecule has 1 heterocycles. The Kier molecular flexibility index (Phi) is 7.56. The van der Waals surface area contributed by atoms with Crippen molar-refractivity contribution in [3.8, 4) is 17.6 Å². The lowest BCUT2D eigenvalue weighted by atomic mass is 10.1. The quantitative estimate of drug-likeness (QED) is 0.326. The van der Waals surface area contributed by atoms with Crippen molar-refractivity contribution >= 4 is 38.0 Å². The van der Waals surface area contributed by atoms with Crippen molar-refractivity contribution in [2.75, 3.05) is 33.4 Å². The van der Waals surface area contributed by atoms with E-state index in [1.165, 1.54) is 31.4 Å². The molecule has 0 bridgehead atoms. The van der Waals surface area contributed by atoms with E-state index in [1.54, 1.807) is 23.1 Å². The predicted octanol–water partition coefficient (Wildman–Crippen LogP) is 3.30. The van der Waals surface area contributed by atoms with Crippen LogP contribution in [0.4, 0.5) is 0 Å². The molecule has 1 fully saturated rings. The number of nitrogens with zero attached hydrogens (tertiary/aromatic N) is 2.